The van der Waals surface area contributed by atoms with Gasteiger partial charge in [-0.3, -0.25) is 0 Å². The van der Waals surface area contributed by atoms with Crippen molar-refractivity contribution in [3.05, 3.63) is 11.8 Å². The van der Waals surface area contributed by atoms with Gasteiger partial charge in [0.25, 0.3) is 0 Å². The van der Waals surface area contributed by atoms with Crippen LogP contribution < -0.4 is 5.73 Å². The Kier molecular flexibility index (Phi) is 2.52. The van der Waals surface area contributed by atoms with Crippen LogP contribution in [-0.4, -0.2) is 34.3 Å². The van der Waals surface area contributed by atoms with Gasteiger partial charge in [0.05, 0.1) is 0 Å². The van der Waals surface area contributed by atoms with Crippen LogP contribution in [0.25, 0.3) is 0 Å². The second-order valence-electron chi connectivity index (χ2n) is 6.38. The van der Waals surface area contributed by atoms with Crippen molar-refractivity contribution in [2.24, 2.45) is 5.92 Å². The van der Waals surface area contributed by atoms with E-state index in [9.17, 15) is 4.79 Å². The third-order valence-corrected chi connectivity index (χ3v) is 3.80. The molecule has 1 aromatic heterocycles. The lowest BCUT2D eigenvalue weighted by atomic mass is 9.72. The lowest BCUT2D eigenvalue weighted by Gasteiger charge is -2.34. The number of nitrogens with two attached hydrogens (primary N) is 1. The molecule has 2 aliphatic heterocycles. The van der Waals surface area contributed by atoms with E-state index in [0.717, 1.165) is 18.7 Å². The van der Waals surface area contributed by atoms with Crippen molar-refractivity contribution < 1.29 is 14.1 Å². The van der Waals surface area contributed by atoms with Crippen LogP contribution in [0.5, 0.6) is 0 Å². The summed E-state index contributed by atoms with van der Waals surface area (Å²) in [4.78, 5) is 13.9. The summed E-state index contributed by atoms with van der Waals surface area (Å²) in [6.45, 7) is 6.35. The van der Waals surface area contributed by atoms with Gasteiger partial charge in [0, 0.05) is 24.6 Å². The molecule has 2 bridgehead atoms. The molecule has 0 radical (unpaired) electrons. The Morgan fingerprint density at radius 3 is 2.89 bits per heavy atom. The molecule has 0 spiro atoms. The molecule has 1 aliphatic carbocycles. The zero-order valence-electron chi connectivity index (χ0n) is 11.4. The number of fused-ring (bicyclic) bond motifs is 1. The van der Waals surface area contributed by atoms with Crippen LogP contribution in [0.2, 0.25) is 0 Å². The molecule has 6 heteroatoms. The molecule has 1 aromatic rings. The fourth-order valence-electron chi connectivity index (χ4n) is 3.03. The first kappa shape index (κ1) is 12.3. The van der Waals surface area contributed by atoms with Crippen molar-refractivity contribution in [2.75, 3.05) is 12.3 Å². The summed E-state index contributed by atoms with van der Waals surface area (Å²) in [5.41, 5.74) is 5.11. The molecule has 4 rings (SSSR count). The summed E-state index contributed by atoms with van der Waals surface area (Å²) >= 11 is 0. The Hall–Kier alpha value is -1.72. The molecule has 19 heavy (non-hydrogen) atoms. The highest BCUT2D eigenvalue weighted by atomic mass is 16.6. The fourth-order valence-corrected chi connectivity index (χ4v) is 3.03. The lowest BCUT2D eigenvalue weighted by Crippen LogP contribution is -2.42. The van der Waals surface area contributed by atoms with E-state index >= 15 is 0 Å². The van der Waals surface area contributed by atoms with Crippen LogP contribution in [0, 0.1) is 5.92 Å². The van der Waals surface area contributed by atoms with E-state index in [0.29, 0.717) is 11.7 Å². The topological polar surface area (TPSA) is 81.6 Å². The van der Waals surface area contributed by atoms with E-state index in [2.05, 4.69) is 5.16 Å². The third kappa shape index (κ3) is 2.05. The molecule has 2 N–H and O–H groups in total. The molecule has 0 aromatic carbocycles. The van der Waals surface area contributed by atoms with Gasteiger partial charge in [-0.25, -0.2) is 4.79 Å². The van der Waals surface area contributed by atoms with Crippen molar-refractivity contribution in [1.29, 1.82) is 0 Å². The number of aromatic nitrogens is 1. The number of hydrogen-bond acceptors (Lipinski definition) is 5. The first-order valence-electron chi connectivity index (χ1n) is 6.57. The normalized spacial score (nSPS) is 29.2. The molecular weight excluding hydrogens is 246 g/mol. The fraction of sp³-hybridized carbons (Fsp3) is 0.692. The third-order valence-electron chi connectivity index (χ3n) is 3.80. The Morgan fingerprint density at radius 2 is 2.32 bits per heavy atom. The van der Waals surface area contributed by atoms with E-state index in [1.54, 1.807) is 11.0 Å². The van der Waals surface area contributed by atoms with E-state index in [4.69, 9.17) is 15.0 Å². The monoisotopic (exact) mass is 265 g/mol. The minimum atomic E-state index is -0.462. The molecule has 2 saturated heterocycles. The van der Waals surface area contributed by atoms with Crippen LogP contribution in [0.1, 0.15) is 38.9 Å². The zero-order chi connectivity index (χ0) is 13.8. The molecule has 6 nitrogen and oxygen atoms in total. The highest BCUT2D eigenvalue weighted by Crippen LogP contribution is 2.52. The molecule has 104 valence electrons. The predicted molar refractivity (Wildman–Crippen MR) is 68.5 cm³/mol. The van der Waals surface area contributed by atoms with Gasteiger partial charge in [-0.2, -0.15) is 0 Å². The maximum atomic E-state index is 12.1. The largest absolute Gasteiger partial charge is 0.444 e. The first-order chi connectivity index (χ1) is 8.85. The van der Waals surface area contributed by atoms with Gasteiger partial charge >= 0.3 is 6.09 Å². The van der Waals surface area contributed by atoms with Crippen molar-refractivity contribution in [2.45, 2.75) is 44.8 Å². The molecule has 1 amide bonds. The van der Waals surface area contributed by atoms with Crippen molar-refractivity contribution in [1.82, 2.24) is 10.1 Å². The van der Waals surface area contributed by atoms with E-state index in [-0.39, 0.29) is 18.1 Å². The van der Waals surface area contributed by atoms with Crippen molar-refractivity contribution >= 4 is 11.9 Å². The van der Waals surface area contributed by atoms with Gasteiger partial charge in [-0.15, -0.1) is 0 Å². The highest BCUT2D eigenvalue weighted by molar-refractivity contribution is 5.70. The number of anilines is 1. The molecule has 3 atom stereocenters. The highest BCUT2D eigenvalue weighted by Gasteiger charge is 2.56. The number of amides is 1. The number of carbonyl (C=O) groups excluding carboxylic acids is 1. The van der Waals surface area contributed by atoms with Gasteiger partial charge in [-0.1, -0.05) is 5.16 Å². The van der Waals surface area contributed by atoms with Gasteiger partial charge in [0.2, 0.25) is 0 Å². The van der Waals surface area contributed by atoms with Crippen LogP contribution in [-0.2, 0) is 4.74 Å². The Labute approximate surface area is 111 Å². The zero-order valence-corrected chi connectivity index (χ0v) is 11.4. The number of carbonyl (C=O) groups is 1. The molecular formula is C13H19N3O3. The van der Waals surface area contributed by atoms with E-state index in [1.807, 2.05) is 20.8 Å². The summed E-state index contributed by atoms with van der Waals surface area (Å²) in [6.07, 6.45) is 0.764. The van der Waals surface area contributed by atoms with Gasteiger partial charge in [0.15, 0.2) is 5.82 Å². The number of ether oxygens (including phenoxy) is 1. The van der Waals surface area contributed by atoms with Gasteiger partial charge in [-0.05, 0) is 33.1 Å². The van der Waals surface area contributed by atoms with E-state index < -0.39 is 5.60 Å². The molecule has 3 fully saturated rings. The summed E-state index contributed by atoms with van der Waals surface area (Å²) in [7, 11) is 0. The Balaban J connectivity index is 1.71. The lowest BCUT2D eigenvalue weighted by molar-refractivity contribution is 0.0226. The summed E-state index contributed by atoms with van der Waals surface area (Å²) in [5.74, 6) is 1.83. The van der Waals surface area contributed by atoms with Crippen molar-refractivity contribution in [3.63, 3.8) is 0 Å². The molecule has 1 saturated carbocycles. The quantitative estimate of drug-likeness (QED) is 0.839. The van der Waals surface area contributed by atoms with Crippen LogP contribution in [0.4, 0.5) is 10.6 Å². The first-order valence-corrected chi connectivity index (χ1v) is 6.57. The van der Waals surface area contributed by atoms with Gasteiger partial charge in [0.1, 0.15) is 11.4 Å². The second-order valence-corrected chi connectivity index (χ2v) is 6.38. The van der Waals surface area contributed by atoms with Gasteiger partial charge < -0.3 is 19.9 Å². The van der Waals surface area contributed by atoms with Crippen LogP contribution >= 0.6 is 0 Å². The van der Waals surface area contributed by atoms with Crippen LogP contribution in [0.3, 0.4) is 0 Å². The minimum Gasteiger partial charge on any atom is -0.444 e. The Bertz CT molecular complexity index is 505. The molecule has 1 unspecified atom stereocenters. The molecule has 3 heterocycles. The average molecular weight is 265 g/mol. The van der Waals surface area contributed by atoms with Crippen LogP contribution in [0.15, 0.2) is 10.6 Å². The minimum absolute atomic E-state index is 0.159. The SMILES string of the molecule is CC(C)(C)OC(=O)N1C[C@@H]2C[C@H]1C2c1cc(N)no1. The predicted octanol–water partition coefficient (Wildman–Crippen LogP) is 1.98. The maximum absolute atomic E-state index is 12.1. The van der Waals surface area contributed by atoms with Crippen molar-refractivity contribution in [3.8, 4) is 0 Å². The standard InChI is InChI=1S/C13H19N3O3/c1-13(2,3)18-12(17)16-6-7-4-8(16)11(7)9-5-10(14)15-19-9/h5,7-8,11H,4,6H2,1-3H3,(H2,14,15)/t7-,8-,11?/m0/s1. The number of nitrogens with zero attached hydrogens (tertiary/aromatic N) is 2. The maximum Gasteiger partial charge on any atom is 0.410 e. The number of rotatable bonds is 1. The summed E-state index contributed by atoms with van der Waals surface area (Å²) < 4.78 is 10.6. The smallest absolute Gasteiger partial charge is 0.410 e. The van der Waals surface area contributed by atoms with E-state index in [1.165, 1.54) is 0 Å². The molecule has 3 aliphatic rings. The number of nitrogen functional groups attached to an aromatic ring is 1. The number of hydrogen-bond donors (Lipinski definition) is 1. The Morgan fingerprint density at radius 1 is 1.58 bits per heavy atom. The average Bonchev–Trinajstić information content (AvgIpc) is 2.88. The summed E-state index contributed by atoms with van der Waals surface area (Å²) in [5, 5.41) is 3.71. The summed E-state index contributed by atoms with van der Waals surface area (Å²) in [6, 6.07) is 1.91. The second kappa shape index (κ2) is 3.88.